The summed E-state index contributed by atoms with van der Waals surface area (Å²) in [6.07, 6.45) is 8.72. The second kappa shape index (κ2) is 5.76. The normalized spacial score (nSPS) is 25.2. The van der Waals surface area contributed by atoms with Gasteiger partial charge in [-0.2, -0.15) is 0 Å². The Morgan fingerprint density at radius 3 is 2.90 bits per heavy atom. The van der Waals surface area contributed by atoms with Crippen molar-refractivity contribution in [2.75, 3.05) is 0 Å². The van der Waals surface area contributed by atoms with Crippen molar-refractivity contribution in [3.8, 4) is 0 Å². The number of rotatable bonds is 3. The van der Waals surface area contributed by atoms with Crippen LogP contribution >= 0.6 is 15.9 Å². The molecule has 4 heteroatoms. The summed E-state index contributed by atoms with van der Waals surface area (Å²) >= 11 is 3.81. The molecule has 2 unspecified atom stereocenters. The van der Waals surface area contributed by atoms with Gasteiger partial charge < -0.3 is 4.52 Å². The van der Waals surface area contributed by atoms with E-state index in [1.807, 2.05) is 18.2 Å². The van der Waals surface area contributed by atoms with Crippen LogP contribution in [0.25, 0.3) is 0 Å². The Labute approximate surface area is 132 Å². The van der Waals surface area contributed by atoms with Gasteiger partial charge in [0.25, 0.3) is 0 Å². The van der Waals surface area contributed by atoms with E-state index in [0.717, 1.165) is 30.5 Å². The monoisotopic (exact) mass is 349 g/mol. The molecule has 21 heavy (non-hydrogen) atoms. The van der Waals surface area contributed by atoms with Crippen LogP contribution in [0.4, 0.5) is 4.39 Å². The SMILES string of the molecule is Cc1ccc(CC2(Br)C=CC(c3ccon3)CC2)cc1F. The first kappa shape index (κ1) is 14.5. The lowest BCUT2D eigenvalue weighted by atomic mass is 9.83. The minimum Gasteiger partial charge on any atom is -0.364 e. The number of hydrogen-bond acceptors (Lipinski definition) is 2. The number of nitrogens with zero attached hydrogens (tertiary/aromatic N) is 1. The topological polar surface area (TPSA) is 26.0 Å². The van der Waals surface area contributed by atoms with Gasteiger partial charge in [-0.05, 0) is 43.4 Å². The van der Waals surface area contributed by atoms with Gasteiger partial charge in [-0.15, -0.1) is 0 Å². The Morgan fingerprint density at radius 2 is 2.29 bits per heavy atom. The second-order valence-corrected chi connectivity index (χ2v) is 7.30. The zero-order valence-corrected chi connectivity index (χ0v) is 13.4. The van der Waals surface area contributed by atoms with Crippen LogP contribution in [-0.2, 0) is 6.42 Å². The molecule has 2 atom stereocenters. The summed E-state index contributed by atoms with van der Waals surface area (Å²) in [6, 6.07) is 7.38. The summed E-state index contributed by atoms with van der Waals surface area (Å²) < 4.78 is 18.5. The van der Waals surface area contributed by atoms with Gasteiger partial charge in [-0.3, -0.25) is 0 Å². The Morgan fingerprint density at radius 1 is 1.43 bits per heavy atom. The van der Waals surface area contributed by atoms with Gasteiger partial charge >= 0.3 is 0 Å². The lowest BCUT2D eigenvalue weighted by Crippen LogP contribution is -2.25. The highest BCUT2D eigenvalue weighted by atomic mass is 79.9. The van der Waals surface area contributed by atoms with E-state index in [2.05, 4.69) is 33.2 Å². The first-order chi connectivity index (χ1) is 10.1. The standard InChI is InChI=1S/C17H17BrFNO/c1-12-2-3-13(10-15(12)19)11-17(18)7-4-14(5-8-17)16-6-9-21-20-16/h2-4,6-7,9-10,14H,5,8,11H2,1H3. The van der Waals surface area contributed by atoms with Crippen molar-refractivity contribution in [1.82, 2.24) is 5.16 Å². The lowest BCUT2D eigenvalue weighted by Gasteiger charge is -2.30. The van der Waals surface area contributed by atoms with Gasteiger partial charge in [0.1, 0.15) is 12.1 Å². The molecule has 2 aromatic rings. The van der Waals surface area contributed by atoms with Crippen LogP contribution in [0.15, 0.2) is 47.2 Å². The first-order valence-electron chi connectivity index (χ1n) is 7.09. The highest BCUT2D eigenvalue weighted by Gasteiger charge is 2.30. The zero-order valence-electron chi connectivity index (χ0n) is 11.9. The van der Waals surface area contributed by atoms with E-state index in [-0.39, 0.29) is 10.1 Å². The van der Waals surface area contributed by atoms with Crippen molar-refractivity contribution in [1.29, 1.82) is 0 Å². The number of benzene rings is 1. The van der Waals surface area contributed by atoms with Crippen molar-refractivity contribution in [2.45, 2.75) is 36.4 Å². The van der Waals surface area contributed by atoms with Crippen molar-refractivity contribution in [3.63, 3.8) is 0 Å². The highest BCUT2D eigenvalue weighted by molar-refractivity contribution is 9.10. The van der Waals surface area contributed by atoms with Crippen LogP contribution < -0.4 is 0 Å². The highest BCUT2D eigenvalue weighted by Crippen LogP contribution is 2.39. The molecule has 3 rings (SSSR count). The summed E-state index contributed by atoms with van der Waals surface area (Å²) in [4.78, 5) is 0. The predicted octanol–water partition coefficient (Wildman–Crippen LogP) is 4.93. The zero-order chi connectivity index (χ0) is 14.9. The molecule has 1 aliphatic carbocycles. The smallest absolute Gasteiger partial charge is 0.126 e. The Bertz CT molecular complexity index is 653. The van der Waals surface area contributed by atoms with Crippen molar-refractivity contribution in [3.05, 3.63) is 65.3 Å². The molecule has 0 aliphatic heterocycles. The van der Waals surface area contributed by atoms with E-state index >= 15 is 0 Å². The Hall–Kier alpha value is -1.42. The number of alkyl halides is 1. The number of aryl methyl sites for hydroxylation is 1. The van der Waals surface area contributed by atoms with Gasteiger partial charge in [0.15, 0.2) is 0 Å². The molecule has 0 amide bonds. The summed E-state index contributed by atoms with van der Waals surface area (Å²) in [5.74, 6) is 0.174. The van der Waals surface area contributed by atoms with Crippen molar-refractivity contribution < 1.29 is 8.91 Å². The summed E-state index contributed by atoms with van der Waals surface area (Å²) in [5.41, 5.74) is 2.68. The van der Waals surface area contributed by atoms with E-state index in [0.29, 0.717) is 11.5 Å². The minimum absolute atomic E-state index is 0.102. The first-order valence-corrected chi connectivity index (χ1v) is 7.89. The lowest BCUT2D eigenvalue weighted by molar-refractivity contribution is 0.404. The summed E-state index contributed by atoms with van der Waals surface area (Å²) in [5, 5.41) is 4.00. The number of hydrogen-bond donors (Lipinski definition) is 0. The third-order valence-corrected chi connectivity index (χ3v) is 5.01. The molecule has 1 heterocycles. The molecule has 0 N–H and O–H groups in total. The van der Waals surface area contributed by atoms with E-state index in [9.17, 15) is 4.39 Å². The van der Waals surface area contributed by atoms with Crippen LogP contribution in [0.3, 0.4) is 0 Å². The molecule has 1 aromatic carbocycles. The van der Waals surface area contributed by atoms with Crippen LogP contribution in [0.2, 0.25) is 0 Å². The fourth-order valence-electron chi connectivity index (χ4n) is 2.76. The molecule has 1 aliphatic rings. The van der Waals surface area contributed by atoms with Gasteiger partial charge in [0.2, 0.25) is 0 Å². The summed E-state index contributed by atoms with van der Waals surface area (Å²) in [6.45, 7) is 1.78. The largest absolute Gasteiger partial charge is 0.364 e. The maximum atomic E-state index is 13.7. The minimum atomic E-state index is -0.135. The quantitative estimate of drug-likeness (QED) is 0.579. The summed E-state index contributed by atoms with van der Waals surface area (Å²) in [7, 11) is 0. The molecule has 0 bridgehead atoms. The molecule has 0 saturated heterocycles. The van der Waals surface area contributed by atoms with E-state index in [1.54, 1.807) is 19.3 Å². The maximum absolute atomic E-state index is 13.7. The van der Waals surface area contributed by atoms with Crippen LogP contribution in [-0.4, -0.2) is 9.48 Å². The predicted molar refractivity (Wildman–Crippen MR) is 84.1 cm³/mol. The number of allylic oxidation sites excluding steroid dienone is 2. The van der Waals surface area contributed by atoms with E-state index in [1.165, 1.54) is 0 Å². The molecule has 1 aromatic heterocycles. The Kier molecular flexibility index (Phi) is 3.98. The van der Waals surface area contributed by atoms with E-state index < -0.39 is 0 Å². The maximum Gasteiger partial charge on any atom is 0.126 e. The van der Waals surface area contributed by atoms with Gasteiger partial charge in [-0.1, -0.05) is 45.4 Å². The molecule has 110 valence electrons. The molecular formula is C17H17BrFNO. The average molecular weight is 350 g/mol. The Balaban J connectivity index is 1.74. The van der Waals surface area contributed by atoms with Crippen LogP contribution in [0.5, 0.6) is 0 Å². The van der Waals surface area contributed by atoms with Gasteiger partial charge in [-0.25, -0.2) is 4.39 Å². The van der Waals surface area contributed by atoms with Crippen LogP contribution in [0, 0.1) is 12.7 Å². The van der Waals surface area contributed by atoms with Crippen molar-refractivity contribution >= 4 is 15.9 Å². The van der Waals surface area contributed by atoms with Gasteiger partial charge in [0, 0.05) is 16.3 Å². The van der Waals surface area contributed by atoms with E-state index in [4.69, 9.17) is 4.52 Å². The van der Waals surface area contributed by atoms with Crippen LogP contribution in [0.1, 0.15) is 35.6 Å². The third kappa shape index (κ3) is 3.26. The fraction of sp³-hybridized carbons (Fsp3) is 0.353. The average Bonchev–Trinajstić information content (AvgIpc) is 2.98. The molecule has 0 fully saturated rings. The van der Waals surface area contributed by atoms with Gasteiger partial charge in [0.05, 0.1) is 5.69 Å². The number of aromatic nitrogens is 1. The van der Waals surface area contributed by atoms with Crippen molar-refractivity contribution in [2.24, 2.45) is 0 Å². The molecule has 0 spiro atoms. The second-order valence-electron chi connectivity index (χ2n) is 5.72. The molecule has 0 radical (unpaired) electrons. The molecule has 2 nitrogen and oxygen atoms in total. The molecular weight excluding hydrogens is 333 g/mol. The number of halogens is 2. The third-order valence-electron chi connectivity index (χ3n) is 4.07. The molecule has 0 saturated carbocycles. The fourth-order valence-corrected chi connectivity index (χ4v) is 3.46.